The fourth-order valence-electron chi connectivity index (χ4n) is 3.41. The van der Waals surface area contributed by atoms with Crippen LogP contribution in [0, 0.1) is 0 Å². The van der Waals surface area contributed by atoms with E-state index in [0.717, 1.165) is 44.2 Å². The van der Waals surface area contributed by atoms with E-state index in [1.165, 1.54) is 21.1 Å². The van der Waals surface area contributed by atoms with Gasteiger partial charge in [0.1, 0.15) is 0 Å². The number of unbranched alkanes of at least 4 members (excludes halogenated alkanes) is 5. The van der Waals surface area contributed by atoms with Crippen molar-refractivity contribution in [2.75, 3.05) is 14.2 Å². The van der Waals surface area contributed by atoms with E-state index in [1.54, 1.807) is 0 Å². The van der Waals surface area contributed by atoms with Crippen molar-refractivity contribution in [3.63, 3.8) is 0 Å². The molecule has 168 valence electrons. The maximum absolute atomic E-state index is 13.3. The monoisotopic (exact) mass is 428 g/mol. The van der Waals surface area contributed by atoms with Gasteiger partial charge < -0.3 is 9.47 Å². The van der Waals surface area contributed by atoms with Gasteiger partial charge in [-0.15, -0.1) is 0 Å². The topological polar surface area (TPSA) is 18.5 Å². The minimum Gasteiger partial charge on any atom is -0.353 e. The number of rotatable bonds is 11. The third-order valence-electron chi connectivity index (χ3n) is 5.30. The molecule has 1 aromatic carbocycles. The normalized spacial score (nSPS) is 14.3. The number of halogens is 6. The van der Waals surface area contributed by atoms with E-state index in [0.29, 0.717) is 12.8 Å². The van der Waals surface area contributed by atoms with Gasteiger partial charge in [-0.25, -0.2) is 0 Å². The molecule has 1 atom stereocenters. The summed E-state index contributed by atoms with van der Waals surface area (Å²) in [4.78, 5) is 0. The van der Waals surface area contributed by atoms with Gasteiger partial charge in [0.05, 0.1) is 11.1 Å². The molecule has 0 aliphatic carbocycles. The van der Waals surface area contributed by atoms with Gasteiger partial charge in [0, 0.05) is 20.1 Å². The maximum atomic E-state index is 13.3. The van der Waals surface area contributed by atoms with E-state index in [9.17, 15) is 26.3 Å². The number of hydrogen-bond donors (Lipinski definition) is 0. The summed E-state index contributed by atoms with van der Waals surface area (Å²) in [6.07, 6.45) is -3.75. The Morgan fingerprint density at radius 2 is 1.21 bits per heavy atom. The summed E-state index contributed by atoms with van der Waals surface area (Å²) >= 11 is 0. The molecule has 0 bridgehead atoms. The summed E-state index contributed by atoms with van der Waals surface area (Å²) in [6.45, 7) is 3.62. The van der Waals surface area contributed by atoms with E-state index in [-0.39, 0.29) is 11.6 Å². The van der Waals surface area contributed by atoms with Crippen molar-refractivity contribution >= 4 is 0 Å². The third kappa shape index (κ3) is 7.48. The molecule has 0 heterocycles. The first-order valence-corrected chi connectivity index (χ1v) is 9.78. The molecule has 0 aliphatic heterocycles. The molecule has 1 rings (SSSR count). The Labute approximate surface area is 168 Å². The van der Waals surface area contributed by atoms with Crippen molar-refractivity contribution in [1.82, 2.24) is 0 Å². The lowest BCUT2D eigenvalue weighted by Gasteiger charge is -2.36. The summed E-state index contributed by atoms with van der Waals surface area (Å²) in [5, 5.41) is 0. The van der Waals surface area contributed by atoms with E-state index in [2.05, 4.69) is 6.92 Å². The van der Waals surface area contributed by atoms with Crippen LogP contribution in [0.2, 0.25) is 0 Å². The van der Waals surface area contributed by atoms with Crippen LogP contribution < -0.4 is 0 Å². The van der Waals surface area contributed by atoms with Crippen molar-refractivity contribution in [1.29, 1.82) is 0 Å². The molecule has 1 aromatic rings. The smallest absolute Gasteiger partial charge is 0.353 e. The van der Waals surface area contributed by atoms with E-state index < -0.39 is 35.2 Å². The summed E-state index contributed by atoms with van der Waals surface area (Å²) in [6, 6.07) is 1.68. The molecule has 29 heavy (non-hydrogen) atoms. The average Bonchev–Trinajstić information content (AvgIpc) is 2.65. The van der Waals surface area contributed by atoms with Crippen LogP contribution >= 0.6 is 0 Å². The van der Waals surface area contributed by atoms with Crippen molar-refractivity contribution in [3.05, 3.63) is 34.9 Å². The minimum absolute atomic E-state index is 0.0908. The first-order chi connectivity index (χ1) is 13.4. The van der Waals surface area contributed by atoms with E-state index >= 15 is 0 Å². The van der Waals surface area contributed by atoms with Crippen LogP contribution in [0.15, 0.2) is 18.2 Å². The van der Waals surface area contributed by atoms with Crippen LogP contribution in [0.4, 0.5) is 26.3 Å². The highest BCUT2D eigenvalue weighted by Gasteiger charge is 2.41. The lowest BCUT2D eigenvalue weighted by molar-refractivity contribution is -0.210. The molecule has 0 radical (unpaired) electrons. The summed E-state index contributed by atoms with van der Waals surface area (Å²) in [5.41, 5.74) is -2.75. The Kier molecular flexibility index (Phi) is 9.47. The van der Waals surface area contributed by atoms with E-state index in [4.69, 9.17) is 9.47 Å². The van der Waals surface area contributed by atoms with Gasteiger partial charge in [-0.05, 0) is 37.1 Å². The third-order valence-corrected chi connectivity index (χ3v) is 5.30. The second-order valence-corrected chi connectivity index (χ2v) is 7.37. The summed E-state index contributed by atoms with van der Waals surface area (Å²) < 4.78 is 90.3. The fraction of sp³-hybridized carbons (Fsp3) is 0.714. The molecule has 2 nitrogen and oxygen atoms in total. The molecule has 0 N–H and O–H groups in total. The molecular weight excluding hydrogens is 398 g/mol. The van der Waals surface area contributed by atoms with Crippen LogP contribution in [0.3, 0.4) is 0 Å². The molecule has 8 heteroatoms. The van der Waals surface area contributed by atoms with Gasteiger partial charge in [0.15, 0.2) is 5.79 Å². The molecule has 0 aromatic heterocycles. The summed E-state index contributed by atoms with van der Waals surface area (Å²) in [7, 11) is 2.66. The Balaban J connectivity index is 3.29. The van der Waals surface area contributed by atoms with Crippen LogP contribution in [0.5, 0.6) is 0 Å². The molecular formula is C21H30F6O2. The minimum atomic E-state index is -4.89. The molecule has 1 unspecified atom stereocenters. The number of hydrogen-bond acceptors (Lipinski definition) is 2. The van der Waals surface area contributed by atoms with Gasteiger partial charge in [-0.2, -0.15) is 26.3 Å². The van der Waals surface area contributed by atoms with Crippen molar-refractivity contribution in [2.24, 2.45) is 0 Å². The Hall–Kier alpha value is -1.28. The molecule has 0 fully saturated rings. The quantitative estimate of drug-likeness (QED) is 0.206. The second kappa shape index (κ2) is 10.7. The molecule has 0 aliphatic rings. The van der Waals surface area contributed by atoms with Crippen LogP contribution in [0.1, 0.15) is 81.4 Å². The number of ether oxygens (including phenoxy) is 2. The number of alkyl halides is 6. The lowest BCUT2D eigenvalue weighted by atomic mass is 9.84. The molecule has 0 amide bonds. The highest BCUT2D eigenvalue weighted by molar-refractivity contribution is 5.36. The van der Waals surface area contributed by atoms with Crippen molar-refractivity contribution in [2.45, 2.75) is 82.9 Å². The Morgan fingerprint density at radius 3 is 1.62 bits per heavy atom. The van der Waals surface area contributed by atoms with Crippen molar-refractivity contribution < 1.29 is 35.8 Å². The van der Waals surface area contributed by atoms with E-state index in [1.807, 2.05) is 0 Å². The SMILES string of the molecule is CCCCCCCCC(c1cc(C(F)(F)F)cc(C(F)(F)F)c1)C(C)(OC)OC. The lowest BCUT2D eigenvalue weighted by Crippen LogP contribution is -2.37. The summed E-state index contributed by atoms with van der Waals surface area (Å²) in [5.74, 6) is -2.14. The van der Waals surface area contributed by atoms with Gasteiger partial charge in [-0.3, -0.25) is 0 Å². The van der Waals surface area contributed by atoms with Gasteiger partial charge in [-0.1, -0.05) is 45.4 Å². The largest absolute Gasteiger partial charge is 0.416 e. The number of benzene rings is 1. The molecule has 0 spiro atoms. The second-order valence-electron chi connectivity index (χ2n) is 7.37. The predicted molar refractivity (Wildman–Crippen MR) is 99.6 cm³/mol. The zero-order valence-electron chi connectivity index (χ0n) is 17.3. The molecule has 0 saturated heterocycles. The maximum Gasteiger partial charge on any atom is 0.416 e. The van der Waals surface area contributed by atoms with Gasteiger partial charge in [0.25, 0.3) is 0 Å². The first kappa shape index (κ1) is 25.8. The van der Waals surface area contributed by atoms with Gasteiger partial charge >= 0.3 is 12.4 Å². The van der Waals surface area contributed by atoms with Gasteiger partial charge in [0.2, 0.25) is 0 Å². The predicted octanol–water partition coefficient (Wildman–Crippen LogP) is 7.57. The van der Waals surface area contributed by atoms with Crippen LogP contribution in [-0.2, 0) is 21.8 Å². The Bertz CT molecular complexity index is 588. The highest BCUT2D eigenvalue weighted by Crippen LogP contribution is 2.42. The number of methoxy groups -OCH3 is 2. The average molecular weight is 428 g/mol. The standard InChI is InChI=1S/C21H30F6O2/c1-5-6-7-8-9-10-11-18(19(2,28-3)29-4)15-12-16(20(22,23)24)14-17(13-15)21(25,26)27/h12-14,18H,5-11H2,1-4H3. The zero-order valence-corrected chi connectivity index (χ0v) is 17.3. The molecule has 0 saturated carbocycles. The first-order valence-electron chi connectivity index (χ1n) is 9.78. The van der Waals surface area contributed by atoms with Crippen LogP contribution in [0.25, 0.3) is 0 Å². The van der Waals surface area contributed by atoms with Crippen molar-refractivity contribution in [3.8, 4) is 0 Å². The zero-order chi connectivity index (χ0) is 22.3. The fourth-order valence-corrected chi connectivity index (χ4v) is 3.41. The highest BCUT2D eigenvalue weighted by atomic mass is 19.4. The Morgan fingerprint density at radius 1 is 0.759 bits per heavy atom. The van der Waals surface area contributed by atoms with Crippen LogP contribution in [-0.4, -0.2) is 20.0 Å².